The van der Waals surface area contributed by atoms with E-state index in [1.165, 1.54) is 0 Å². The van der Waals surface area contributed by atoms with Gasteiger partial charge in [0.1, 0.15) is 6.61 Å². The van der Waals surface area contributed by atoms with E-state index in [9.17, 15) is 9.59 Å². The van der Waals surface area contributed by atoms with Gasteiger partial charge in [0.25, 0.3) is 0 Å². The van der Waals surface area contributed by atoms with Gasteiger partial charge in [-0.2, -0.15) is 0 Å². The van der Waals surface area contributed by atoms with Gasteiger partial charge in [-0.15, -0.1) is 0 Å². The number of hydrogen-bond acceptors (Lipinski definition) is 4. The lowest BCUT2D eigenvalue weighted by atomic mass is 9.93. The first-order chi connectivity index (χ1) is 17.2. The van der Waals surface area contributed by atoms with Crippen LogP contribution in [-0.2, 0) is 13.2 Å². The Morgan fingerprint density at radius 2 is 1.47 bits per heavy atom. The fraction of sp³-hybridized carbons (Fsp3) is 0.310. The van der Waals surface area contributed by atoms with Gasteiger partial charge >= 0.3 is 12.0 Å². The van der Waals surface area contributed by atoms with Crippen molar-refractivity contribution >= 4 is 17.7 Å². The molecule has 3 aromatic carbocycles. The summed E-state index contributed by atoms with van der Waals surface area (Å²) in [6.07, 6.45) is 0. The van der Waals surface area contributed by atoms with Gasteiger partial charge in [-0.3, -0.25) is 0 Å². The van der Waals surface area contributed by atoms with E-state index in [0.717, 1.165) is 27.9 Å². The predicted octanol–water partition coefficient (Wildman–Crippen LogP) is 6.54. The van der Waals surface area contributed by atoms with E-state index in [4.69, 9.17) is 14.6 Å². The molecule has 0 saturated heterocycles. The van der Waals surface area contributed by atoms with E-state index in [1.807, 2.05) is 18.2 Å². The van der Waals surface area contributed by atoms with E-state index in [0.29, 0.717) is 18.0 Å². The maximum atomic E-state index is 12.8. The van der Waals surface area contributed by atoms with Crippen molar-refractivity contribution < 1.29 is 24.2 Å². The topological polar surface area (TPSA) is 96.9 Å². The molecule has 0 atom stereocenters. The molecule has 36 heavy (non-hydrogen) atoms. The molecule has 2 amide bonds. The SMILES string of the molecule is COc1cc(CNC(=O)Nc2c(C(C)C)cccc2C(C)C)ccc1OCc1ccc(C(=O)O)cc1. The first-order valence-electron chi connectivity index (χ1n) is 12.0. The van der Waals surface area contributed by atoms with Crippen LogP contribution >= 0.6 is 0 Å². The van der Waals surface area contributed by atoms with Crippen LogP contribution in [-0.4, -0.2) is 24.2 Å². The van der Waals surface area contributed by atoms with Gasteiger partial charge in [-0.1, -0.05) is 64.1 Å². The van der Waals surface area contributed by atoms with Crippen LogP contribution in [0.5, 0.6) is 11.5 Å². The van der Waals surface area contributed by atoms with Gasteiger partial charge in [0, 0.05) is 12.2 Å². The van der Waals surface area contributed by atoms with Crippen LogP contribution in [0.4, 0.5) is 10.5 Å². The third kappa shape index (κ3) is 6.78. The number of benzene rings is 3. The standard InChI is InChI=1S/C29H34N2O5/c1-18(2)23-7-6-8-24(19(3)4)27(23)31-29(34)30-16-21-11-14-25(26(15-21)35-5)36-17-20-9-12-22(13-10-20)28(32)33/h6-15,18-19H,16-17H2,1-5H3,(H,32,33)(H2,30,31,34). The second-order valence-corrected chi connectivity index (χ2v) is 9.20. The summed E-state index contributed by atoms with van der Waals surface area (Å²) in [5.74, 6) is 0.702. The van der Waals surface area contributed by atoms with Crippen LogP contribution in [0, 0.1) is 0 Å². The first-order valence-corrected chi connectivity index (χ1v) is 12.0. The smallest absolute Gasteiger partial charge is 0.335 e. The third-order valence-corrected chi connectivity index (χ3v) is 5.89. The van der Waals surface area contributed by atoms with Crippen LogP contribution < -0.4 is 20.1 Å². The molecule has 7 heteroatoms. The van der Waals surface area contributed by atoms with Crippen molar-refractivity contribution in [1.82, 2.24) is 5.32 Å². The van der Waals surface area contributed by atoms with Gasteiger partial charge in [-0.05, 0) is 58.4 Å². The van der Waals surface area contributed by atoms with Crippen molar-refractivity contribution in [2.45, 2.75) is 52.7 Å². The number of carbonyl (C=O) groups excluding carboxylic acids is 1. The molecule has 3 rings (SSSR count). The highest BCUT2D eigenvalue weighted by Crippen LogP contribution is 2.32. The maximum Gasteiger partial charge on any atom is 0.335 e. The molecule has 7 nitrogen and oxygen atoms in total. The van der Waals surface area contributed by atoms with Crippen molar-refractivity contribution in [2.75, 3.05) is 12.4 Å². The fourth-order valence-corrected chi connectivity index (χ4v) is 3.88. The first kappa shape index (κ1) is 26.6. The van der Waals surface area contributed by atoms with E-state index >= 15 is 0 Å². The number of anilines is 1. The number of nitrogens with one attached hydrogen (secondary N) is 2. The summed E-state index contributed by atoms with van der Waals surface area (Å²) in [6, 6.07) is 17.9. The largest absolute Gasteiger partial charge is 0.493 e. The van der Waals surface area contributed by atoms with Crippen molar-refractivity contribution in [1.29, 1.82) is 0 Å². The summed E-state index contributed by atoms with van der Waals surface area (Å²) in [7, 11) is 1.56. The average Bonchev–Trinajstić information content (AvgIpc) is 2.86. The predicted molar refractivity (Wildman–Crippen MR) is 141 cm³/mol. The molecular formula is C29H34N2O5. The lowest BCUT2D eigenvalue weighted by molar-refractivity contribution is 0.0696. The van der Waals surface area contributed by atoms with Gasteiger partial charge in [0.2, 0.25) is 0 Å². The zero-order valence-electron chi connectivity index (χ0n) is 21.4. The monoisotopic (exact) mass is 490 g/mol. The summed E-state index contributed by atoms with van der Waals surface area (Å²) in [5, 5.41) is 15.0. The minimum Gasteiger partial charge on any atom is -0.493 e. The summed E-state index contributed by atoms with van der Waals surface area (Å²) in [5.41, 5.74) is 5.02. The molecule has 0 aromatic heterocycles. The van der Waals surface area contributed by atoms with Crippen LogP contribution in [0.2, 0.25) is 0 Å². The summed E-state index contributed by atoms with van der Waals surface area (Å²) in [6.45, 7) is 9.05. The minimum atomic E-state index is -0.966. The zero-order valence-corrected chi connectivity index (χ0v) is 21.4. The van der Waals surface area contributed by atoms with E-state index in [2.05, 4.69) is 50.5 Å². The van der Waals surface area contributed by atoms with Crippen molar-refractivity contribution in [3.8, 4) is 11.5 Å². The molecular weight excluding hydrogens is 456 g/mol. The van der Waals surface area contributed by atoms with E-state index in [1.54, 1.807) is 37.4 Å². The normalized spacial score (nSPS) is 10.9. The molecule has 0 heterocycles. The number of aromatic carboxylic acids is 1. The van der Waals surface area contributed by atoms with Gasteiger partial charge in [-0.25, -0.2) is 9.59 Å². The average molecular weight is 491 g/mol. The Bertz CT molecular complexity index is 1180. The summed E-state index contributed by atoms with van der Waals surface area (Å²) in [4.78, 5) is 23.8. The Labute approximate surface area is 212 Å². The number of hydrogen-bond donors (Lipinski definition) is 3. The molecule has 0 aliphatic carbocycles. The number of carboxylic acids is 1. The molecule has 0 saturated carbocycles. The number of carboxylic acid groups (broad SMARTS) is 1. The molecule has 0 aliphatic heterocycles. The number of urea groups is 1. The number of methoxy groups -OCH3 is 1. The Morgan fingerprint density at radius 1 is 0.861 bits per heavy atom. The van der Waals surface area contributed by atoms with Crippen LogP contribution in [0.25, 0.3) is 0 Å². The number of rotatable bonds is 10. The Morgan fingerprint density at radius 3 is 2.03 bits per heavy atom. The molecule has 0 unspecified atom stereocenters. The molecule has 3 aromatic rings. The molecule has 0 fully saturated rings. The van der Waals surface area contributed by atoms with Crippen molar-refractivity contribution in [3.05, 3.63) is 88.5 Å². The molecule has 0 aliphatic rings. The van der Waals surface area contributed by atoms with Gasteiger partial charge < -0.3 is 25.2 Å². The van der Waals surface area contributed by atoms with Crippen molar-refractivity contribution in [3.63, 3.8) is 0 Å². The number of para-hydroxylation sites is 1. The lowest BCUT2D eigenvalue weighted by Crippen LogP contribution is -2.29. The molecule has 3 N–H and O–H groups in total. The fourth-order valence-electron chi connectivity index (χ4n) is 3.88. The second-order valence-electron chi connectivity index (χ2n) is 9.20. The second kappa shape index (κ2) is 12.1. The van der Waals surface area contributed by atoms with Crippen LogP contribution in [0.15, 0.2) is 60.7 Å². The lowest BCUT2D eigenvalue weighted by Gasteiger charge is -2.20. The molecule has 0 bridgehead atoms. The summed E-state index contributed by atoms with van der Waals surface area (Å²) < 4.78 is 11.4. The zero-order chi connectivity index (χ0) is 26.2. The van der Waals surface area contributed by atoms with Gasteiger partial charge in [0.05, 0.1) is 12.7 Å². The molecule has 0 spiro atoms. The number of amides is 2. The maximum absolute atomic E-state index is 12.8. The van der Waals surface area contributed by atoms with Gasteiger partial charge in [0.15, 0.2) is 11.5 Å². The van der Waals surface area contributed by atoms with Crippen LogP contribution in [0.3, 0.4) is 0 Å². The highest BCUT2D eigenvalue weighted by atomic mass is 16.5. The Kier molecular flexibility index (Phi) is 8.95. The highest BCUT2D eigenvalue weighted by molar-refractivity contribution is 5.91. The van der Waals surface area contributed by atoms with E-state index in [-0.39, 0.29) is 30.0 Å². The van der Waals surface area contributed by atoms with E-state index < -0.39 is 5.97 Å². The molecule has 190 valence electrons. The Hall–Kier alpha value is -4.00. The quantitative estimate of drug-likeness (QED) is 0.300. The van der Waals surface area contributed by atoms with Crippen molar-refractivity contribution in [2.24, 2.45) is 0 Å². The van der Waals surface area contributed by atoms with Crippen LogP contribution in [0.1, 0.15) is 72.1 Å². The number of carbonyl (C=O) groups is 2. The molecule has 0 radical (unpaired) electrons. The highest BCUT2D eigenvalue weighted by Gasteiger charge is 2.16. The summed E-state index contributed by atoms with van der Waals surface area (Å²) >= 11 is 0. The number of ether oxygens (including phenoxy) is 2. The third-order valence-electron chi connectivity index (χ3n) is 5.89. The minimum absolute atomic E-state index is 0.227. The Balaban J connectivity index is 1.63.